The van der Waals surface area contributed by atoms with Gasteiger partial charge < -0.3 is 16.2 Å². The molecule has 0 spiro atoms. The van der Waals surface area contributed by atoms with Crippen LogP contribution in [0.15, 0.2) is 0 Å². The topological polar surface area (TPSA) is 102 Å². The number of nitrogens with one attached hydrogen (secondary N) is 1. The second kappa shape index (κ2) is 3.03. The van der Waals surface area contributed by atoms with Gasteiger partial charge in [0, 0.05) is 0 Å². The van der Waals surface area contributed by atoms with Gasteiger partial charge in [-0.05, 0) is 0 Å². The molecule has 0 aromatic rings. The summed E-state index contributed by atoms with van der Waals surface area (Å²) in [4.78, 5) is 10.2. The first-order valence-electron chi connectivity index (χ1n) is 2.27. The number of nitrogens with two attached hydrogens (primary N) is 2. The Morgan fingerprint density at radius 3 is 2.33 bits per heavy atom. The standard InChI is InChI=1S/C4H9N3O2/c1-9-4(7)2(5)3(6)8/h2,7H,5H2,1H3,(H2,6,8). The first-order valence-corrected chi connectivity index (χ1v) is 2.27. The van der Waals surface area contributed by atoms with E-state index in [4.69, 9.17) is 16.9 Å². The van der Waals surface area contributed by atoms with E-state index < -0.39 is 11.9 Å². The molecule has 1 atom stereocenters. The Labute approximate surface area is 52.5 Å². The van der Waals surface area contributed by atoms with Crippen molar-refractivity contribution in [1.82, 2.24) is 0 Å². The molecule has 0 fully saturated rings. The molecule has 1 amide bonds. The summed E-state index contributed by atoms with van der Waals surface area (Å²) in [6.45, 7) is 0. The van der Waals surface area contributed by atoms with E-state index in [2.05, 4.69) is 4.74 Å². The number of hydrogen-bond acceptors (Lipinski definition) is 4. The molecule has 0 saturated heterocycles. The zero-order valence-corrected chi connectivity index (χ0v) is 5.05. The lowest BCUT2D eigenvalue weighted by molar-refractivity contribution is -0.118. The van der Waals surface area contributed by atoms with Gasteiger partial charge in [-0.1, -0.05) is 0 Å². The normalized spacial score (nSPS) is 12.2. The predicted molar refractivity (Wildman–Crippen MR) is 31.9 cm³/mol. The van der Waals surface area contributed by atoms with E-state index in [1.165, 1.54) is 7.11 Å². The summed E-state index contributed by atoms with van der Waals surface area (Å²) in [5, 5.41) is 6.83. The van der Waals surface area contributed by atoms with Crippen LogP contribution in [0, 0.1) is 5.41 Å². The molecule has 0 aliphatic rings. The molecule has 5 nitrogen and oxygen atoms in total. The molecule has 0 aliphatic carbocycles. The van der Waals surface area contributed by atoms with Crippen LogP contribution < -0.4 is 11.5 Å². The lowest BCUT2D eigenvalue weighted by Gasteiger charge is -2.05. The third-order valence-electron chi connectivity index (χ3n) is 0.809. The van der Waals surface area contributed by atoms with Gasteiger partial charge in [-0.15, -0.1) is 0 Å². The van der Waals surface area contributed by atoms with Crippen LogP contribution in [-0.4, -0.2) is 25.0 Å². The monoisotopic (exact) mass is 131 g/mol. The average molecular weight is 131 g/mol. The smallest absolute Gasteiger partial charge is 0.243 e. The third-order valence-corrected chi connectivity index (χ3v) is 0.809. The first-order chi connectivity index (χ1) is 4.09. The number of carbonyl (C=O) groups is 1. The van der Waals surface area contributed by atoms with Gasteiger partial charge in [-0.25, -0.2) is 0 Å². The van der Waals surface area contributed by atoms with Gasteiger partial charge in [0.15, 0.2) is 6.04 Å². The van der Waals surface area contributed by atoms with Gasteiger partial charge in [0.05, 0.1) is 7.11 Å². The molecule has 0 aromatic heterocycles. The Hall–Kier alpha value is -1.10. The molecule has 0 bridgehead atoms. The molecule has 5 heteroatoms. The fourth-order valence-corrected chi connectivity index (χ4v) is 0.256. The minimum absolute atomic E-state index is 0.317. The van der Waals surface area contributed by atoms with Crippen LogP contribution >= 0.6 is 0 Å². The van der Waals surface area contributed by atoms with Crippen molar-refractivity contribution in [1.29, 1.82) is 5.41 Å². The molecule has 0 saturated carbocycles. The largest absolute Gasteiger partial charge is 0.483 e. The lowest BCUT2D eigenvalue weighted by atomic mass is 10.3. The van der Waals surface area contributed by atoms with Gasteiger partial charge >= 0.3 is 0 Å². The van der Waals surface area contributed by atoms with Crippen LogP contribution in [0.25, 0.3) is 0 Å². The van der Waals surface area contributed by atoms with Crippen molar-refractivity contribution in [3.63, 3.8) is 0 Å². The van der Waals surface area contributed by atoms with Crippen molar-refractivity contribution in [2.24, 2.45) is 11.5 Å². The summed E-state index contributed by atoms with van der Waals surface area (Å²) in [6.07, 6.45) is 0. The molecule has 9 heavy (non-hydrogen) atoms. The van der Waals surface area contributed by atoms with Gasteiger partial charge in [-0.3, -0.25) is 10.2 Å². The summed E-state index contributed by atoms with van der Waals surface area (Å²) in [5.74, 6) is -1.08. The molecule has 52 valence electrons. The summed E-state index contributed by atoms with van der Waals surface area (Å²) in [6, 6.07) is -1.12. The van der Waals surface area contributed by atoms with E-state index in [9.17, 15) is 4.79 Å². The van der Waals surface area contributed by atoms with Gasteiger partial charge in [0.2, 0.25) is 11.8 Å². The van der Waals surface area contributed by atoms with Crippen LogP contribution in [0.3, 0.4) is 0 Å². The Balaban J connectivity index is 3.88. The van der Waals surface area contributed by atoms with E-state index in [0.29, 0.717) is 0 Å². The highest BCUT2D eigenvalue weighted by Crippen LogP contribution is 1.80. The zero-order valence-electron chi connectivity index (χ0n) is 5.05. The fraction of sp³-hybridized carbons (Fsp3) is 0.500. The van der Waals surface area contributed by atoms with E-state index in [1.54, 1.807) is 0 Å². The lowest BCUT2D eigenvalue weighted by Crippen LogP contribution is -2.43. The number of hydrogen-bond donors (Lipinski definition) is 3. The van der Waals surface area contributed by atoms with Crippen LogP contribution in [0.4, 0.5) is 0 Å². The maximum absolute atomic E-state index is 10.2. The van der Waals surface area contributed by atoms with Crippen molar-refractivity contribution in [2.75, 3.05) is 7.11 Å². The van der Waals surface area contributed by atoms with Crippen molar-refractivity contribution < 1.29 is 9.53 Å². The van der Waals surface area contributed by atoms with Crippen LogP contribution in [0.5, 0.6) is 0 Å². The third kappa shape index (κ3) is 2.09. The van der Waals surface area contributed by atoms with Crippen molar-refractivity contribution in [2.45, 2.75) is 6.04 Å². The van der Waals surface area contributed by atoms with E-state index >= 15 is 0 Å². The minimum atomic E-state index is -1.12. The van der Waals surface area contributed by atoms with Crippen LogP contribution in [0.2, 0.25) is 0 Å². The Kier molecular flexibility index (Phi) is 2.66. The van der Waals surface area contributed by atoms with Gasteiger partial charge in [-0.2, -0.15) is 0 Å². The Morgan fingerprint density at radius 1 is 1.78 bits per heavy atom. The van der Waals surface area contributed by atoms with Gasteiger partial charge in [0.1, 0.15) is 0 Å². The molecule has 1 unspecified atom stereocenters. The second-order valence-corrected chi connectivity index (χ2v) is 1.45. The highest BCUT2D eigenvalue weighted by Gasteiger charge is 2.14. The molecular weight excluding hydrogens is 122 g/mol. The Bertz CT molecular complexity index is 134. The molecule has 0 aromatic carbocycles. The van der Waals surface area contributed by atoms with Crippen molar-refractivity contribution >= 4 is 11.8 Å². The maximum Gasteiger partial charge on any atom is 0.243 e. The van der Waals surface area contributed by atoms with E-state index in [1.807, 2.05) is 0 Å². The van der Waals surface area contributed by atoms with E-state index in [-0.39, 0.29) is 5.90 Å². The minimum Gasteiger partial charge on any atom is -0.483 e. The fourth-order valence-electron chi connectivity index (χ4n) is 0.256. The molecule has 0 heterocycles. The molecule has 0 rings (SSSR count). The van der Waals surface area contributed by atoms with Crippen LogP contribution in [-0.2, 0) is 9.53 Å². The van der Waals surface area contributed by atoms with Gasteiger partial charge in [0.25, 0.3) is 0 Å². The average Bonchev–Trinajstić information content (AvgIpc) is 1.84. The number of rotatable bonds is 2. The maximum atomic E-state index is 10.2. The Morgan fingerprint density at radius 2 is 2.22 bits per heavy atom. The summed E-state index contributed by atoms with van der Waals surface area (Å²) in [7, 11) is 1.26. The van der Waals surface area contributed by atoms with Crippen molar-refractivity contribution in [3.05, 3.63) is 0 Å². The second-order valence-electron chi connectivity index (χ2n) is 1.45. The van der Waals surface area contributed by atoms with Crippen LogP contribution in [0.1, 0.15) is 0 Å². The number of methoxy groups -OCH3 is 1. The van der Waals surface area contributed by atoms with E-state index in [0.717, 1.165) is 0 Å². The molecule has 5 N–H and O–H groups in total. The summed E-state index contributed by atoms with van der Waals surface area (Å²) in [5.41, 5.74) is 9.77. The number of ether oxygens (including phenoxy) is 1. The molecule has 0 radical (unpaired) electrons. The first kappa shape index (κ1) is 7.90. The SMILES string of the molecule is COC(=N)C(N)C(N)=O. The summed E-state index contributed by atoms with van der Waals surface area (Å²) < 4.78 is 4.33. The van der Waals surface area contributed by atoms with Crippen molar-refractivity contribution in [3.8, 4) is 0 Å². The number of primary amides is 1. The summed E-state index contributed by atoms with van der Waals surface area (Å²) >= 11 is 0. The zero-order chi connectivity index (χ0) is 7.44. The molecular formula is C4H9N3O2. The molecule has 0 aliphatic heterocycles. The number of amides is 1. The highest BCUT2D eigenvalue weighted by atomic mass is 16.5. The predicted octanol–water partition coefficient (Wildman–Crippen LogP) is -1.58. The number of carbonyl (C=O) groups excluding carboxylic acids is 1. The highest BCUT2D eigenvalue weighted by molar-refractivity contribution is 6.01. The quantitative estimate of drug-likeness (QED) is 0.311.